The third-order valence-electron chi connectivity index (χ3n) is 2.83. The molecule has 0 unspecified atom stereocenters. The van der Waals surface area contributed by atoms with E-state index in [2.05, 4.69) is 5.32 Å². The van der Waals surface area contributed by atoms with Crippen LogP contribution >= 0.6 is 12.4 Å². The summed E-state index contributed by atoms with van der Waals surface area (Å²) in [6.07, 6.45) is 0.733. The minimum absolute atomic E-state index is 0. The molecule has 0 bridgehead atoms. The van der Waals surface area contributed by atoms with Gasteiger partial charge in [0.2, 0.25) is 5.91 Å². The van der Waals surface area contributed by atoms with Crippen molar-refractivity contribution in [3.05, 3.63) is 35.9 Å². The summed E-state index contributed by atoms with van der Waals surface area (Å²) in [5.41, 5.74) is 6.26. The van der Waals surface area contributed by atoms with Crippen LogP contribution in [0.2, 0.25) is 0 Å². The minimum atomic E-state index is -0.412. The van der Waals surface area contributed by atoms with E-state index < -0.39 is 5.41 Å². The molecule has 0 saturated heterocycles. The van der Waals surface area contributed by atoms with Gasteiger partial charge in [0.1, 0.15) is 0 Å². The van der Waals surface area contributed by atoms with Crippen molar-refractivity contribution in [1.82, 2.24) is 5.32 Å². The Bertz CT molecular complexity index is 365. The normalized spacial score (nSPS) is 12.4. The van der Waals surface area contributed by atoms with Gasteiger partial charge in [-0.25, -0.2) is 0 Å². The lowest BCUT2D eigenvalue weighted by Crippen LogP contribution is -2.45. The molecule has 18 heavy (non-hydrogen) atoms. The van der Waals surface area contributed by atoms with Crippen molar-refractivity contribution in [2.45, 2.75) is 33.2 Å². The largest absolute Gasteiger partial charge is 0.352 e. The van der Waals surface area contributed by atoms with E-state index in [1.165, 1.54) is 5.56 Å². The first kappa shape index (κ1) is 16.9. The quantitative estimate of drug-likeness (QED) is 0.861. The van der Waals surface area contributed by atoms with Gasteiger partial charge in [-0.05, 0) is 18.9 Å². The third kappa shape index (κ3) is 5.07. The van der Waals surface area contributed by atoms with Crippen LogP contribution in [0.1, 0.15) is 26.3 Å². The van der Waals surface area contributed by atoms with Gasteiger partial charge in [-0.2, -0.15) is 0 Å². The molecule has 1 aromatic rings. The first-order chi connectivity index (χ1) is 7.95. The Labute approximate surface area is 116 Å². The number of benzene rings is 1. The van der Waals surface area contributed by atoms with E-state index in [1.807, 2.05) is 51.1 Å². The lowest BCUT2D eigenvalue weighted by atomic mass is 9.84. The summed E-state index contributed by atoms with van der Waals surface area (Å²) in [6.45, 7) is 6.29. The second-order valence-corrected chi connectivity index (χ2v) is 5.16. The summed E-state index contributed by atoms with van der Waals surface area (Å²) in [5, 5.41) is 2.93. The third-order valence-corrected chi connectivity index (χ3v) is 2.83. The molecule has 0 aliphatic rings. The fourth-order valence-corrected chi connectivity index (χ4v) is 1.66. The average molecular weight is 271 g/mol. The van der Waals surface area contributed by atoms with E-state index in [0.29, 0.717) is 6.54 Å². The minimum Gasteiger partial charge on any atom is -0.352 e. The van der Waals surface area contributed by atoms with Gasteiger partial charge in [-0.3, -0.25) is 4.79 Å². The predicted octanol–water partition coefficient (Wildman–Crippen LogP) is 2.14. The van der Waals surface area contributed by atoms with Crippen LogP contribution in [-0.2, 0) is 11.2 Å². The molecule has 1 amide bonds. The Kier molecular flexibility index (Phi) is 6.96. The fraction of sp³-hybridized carbons (Fsp3) is 0.500. The standard InChI is InChI=1S/C14H22N2O.ClH/c1-11(10-15)16-13(17)14(2,3)9-12-7-5-4-6-8-12;/h4-8,11H,9-10,15H2,1-3H3,(H,16,17);1H/t11-;/m0./s1. The zero-order chi connectivity index (χ0) is 12.9. The summed E-state index contributed by atoms with van der Waals surface area (Å²) in [7, 11) is 0. The van der Waals surface area contributed by atoms with Crippen LogP contribution in [0.25, 0.3) is 0 Å². The zero-order valence-corrected chi connectivity index (χ0v) is 12.1. The summed E-state index contributed by atoms with van der Waals surface area (Å²) in [6, 6.07) is 10.1. The molecule has 0 aliphatic heterocycles. The number of hydrogen-bond acceptors (Lipinski definition) is 2. The van der Waals surface area contributed by atoms with Gasteiger partial charge >= 0.3 is 0 Å². The molecular weight excluding hydrogens is 248 g/mol. The lowest BCUT2D eigenvalue weighted by molar-refractivity contribution is -0.129. The van der Waals surface area contributed by atoms with E-state index in [0.717, 1.165) is 6.42 Å². The van der Waals surface area contributed by atoms with Crippen molar-refractivity contribution in [3.63, 3.8) is 0 Å². The SMILES string of the molecule is C[C@@H](CN)NC(=O)C(C)(C)Cc1ccccc1.Cl. The first-order valence-electron chi connectivity index (χ1n) is 6.00. The van der Waals surface area contributed by atoms with E-state index in [9.17, 15) is 4.79 Å². The van der Waals surface area contributed by atoms with Gasteiger partial charge in [0.25, 0.3) is 0 Å². The number of carbonyl (C=O) groups is 1. The molecule has 4 heteroatoms. The molecule has 1 rings (SSSR count). The monoisotopic (exact) mass is 270 g/mol. The number of amides is 1. The molecule has 102 valence electrons. The molecule has 0 spiro atoms. The van der Waals surface area contributed by atoms with Gasteiger partial charge in [-0.1, -0.05) is 44.2 Å². The highest BCUT2D eigenvalue weighted by Crippen LogP contribution is 2.22. The van der Waals surface area contributed by atoms with Crippen LogP contribution in [-0.4, -0.2) is 18.5 Å². The zero-order valence-electron chi connectivity index (χ0n) is 11.3. The van der Waals surface area contributed by atoms with E-state index in [1.54, 1.807) is 0 Å². The molecule has 0 radical (unpaired) electrons. The van der Waals surface area contributed by atoms with Gasteiger partial charge in [0.15, 0.2) is 0 Å². The molecule has 0 fully saturated rings. The Balaban J connectivity index is 0.00000289. The van der Waals surface area contributed by atoms with Gasteiger partial charge in [0, 0.05) is 18.0 Å². The Morgan fingerprint density at radius 1 is 1.33 bits per heavy atom. The second-order valence-electron chi connectivity index (χ2n) is 5.16. The van der Waals surface area contributed by atoms with Crippen LogP contribution in [0, 0.1) is 5.41 Å². The molecule has 1 atom stereocenters. The van der Waals surface area contributed by atoms with E-state index in [-0.39, 0.29) is 24.4 Å². The van der Waals surface area contributed by atoms with Crippen molar-refractivity contribution in [3.8, 4) is 0 Å². The van der Waals surface area contributed by atoms with Crippen LogP contribution in [0.5, 0.6) is 0 Å². The number of rotatable bonds is 5. The van der Waals surface area contributed by atoms with Crippen LogP contribution in [0.15, 0.2) is 30.3 Å². The molecule has 0 saturated carbocycles. The van der Waals surface area contributed by atoms with Crippen molar-refractivity contribution >= 4 is 18.3 Å². The van der Waals surface area contributed by atoms with Crippen molar-refractivity contribution in [2.75, 3.05) is 6.54 Å². The van der Waals surface area contributed by atoms with Crippen molar-refractivity contribution in [1.29, 1.82) is 0 Å². The Morgan fingerprint density at radius 3 is 2.39 bits per heavy atom. The lowest BCUT2D eigenvalue weighted by Gasteiger charge is -2.25. The maximum absolute atomic E-state index is 12.1. The highest BCUT2D eigenvalue weighted by molar-refractivity contribution is 5.85. The highest BCUT2D eigenvalue weighted by atomic mass is 35.5. The average Bonchev–Trinajstić information content (AvgIpc) is 2.29. The summed E-state index contributed by atoms with van der Waals surface area (Å²) < 4.78 is 0. The maximum atomic E-state index is 12.1. The maximum Gasteiger partial charge on any atom is 0.226 e. The highest BCUT2D eigenvalue weighted by Gasteiger charge is 2.28. The number of nitrogens with two attached hydrogens (primary N) is 1. The number of nitrogens with one attached hydrogen (secondary N) is 1. The number of carbonyl (C=O) groups excluding carboxylic acids is 1. The molecule has 0 aliphatic carbocycles. The van der Waals surface area contributed by atoms with E-state index >= 15 is 0 Å². The smallest absolute Gasteiger partial charge is 0.226 e. The van der Waals surface area contributed by atoms with Crippen LogP contribution < -0.4 is 11.1 Å². The van der Waals surface area contributed by atoms with Gasteiger partial charge in [0.05, 0.1) is 0 Å². The van der Waals surface area contributed by atoms with Crippen molar-refractivity contribution in [2.24, 2.45) is 11.1 Å². The summed E-state index contributed by atoms with van der Waals surface area (Å²) in [4.78, 5) is 12.1. The van der Waals surface area contributed by atoms with Crippen LogP contribution in [0.3, 0.4) is 0 Å². The molecule has 3 N–H and O–H groups in total. The van der Waals surface area contributed by atoms with Gasteiger partial charge < -0.3 is 11.1 Å². The van der Waals surface area contributed by atoms with E-state index in [4.69, 9.17) is 5.73 Å². The Hall–Kier alpha value is -1.06. The predicted molar refractivity (Wildman–Crippen MR) is 77.8 cm³/mol. The van der Waals surface area contributed by atoms with Crippen molar-refractivity contribution < 1.29 is 4.79 Å². The second kappa shape index (κ2) is 7.39. The summed E-state index contributed by atoms with van der Waals surface area (Å²) >= 11 is 0. The number of hydrogen-bond donors (Lipinski definition) is 2. The molecule has 1 aromatic carbocycles. The molecule has 0 aromatic heterocycles. The van der Waals surface area contributed by atoms with Gasteiger partial charge in [-0.15, -0.1) is 12.4 Å². The first-order valence-corrected chi connectivity index (χ1v) is 6.00. The Morgan fingerprint density at radius 2 is 1.89 bits per heavy atom. The molecule has 3 nitrogen and oxygen atoms in total. The molecule has 0 heterocycles. The fourth-order valence-electron chi connectivity index (χ4n) is 1.66. The molecular formula is C14H23ClN2O. The summed E-state index contributed by atoms with van der Waals surface area (Å²) in [5.74, 6) is 0.0549. The topological polar surface area (TPSA) is 55.1 Å². The number of halogens is 1. The van der Waals surface area contributed by atoms with Crippen LogP contribution in [0.4, 0.5) is 0 Å².